The highest BCUT2D eigenvalue weighted by molar-refractivity contribution is 6.36. The van der Waals surface area contributed by atoms with E-state index in [2.05, 4.69) is 4.99 Å². The lowest BCUT2D eigenvalue weighted by Gasteiger charge is -2.05. The largest absolute Gasteiger partial charge is 0.478 e. The molecule has 7 heteroatoms. The van der Waals surface area contributed by atoms with Crippen molar-refractivity contribution in [3.63, 3.8) is 0 Å². The highest BCUT2D eigenvalue weighted by Gasteiger charge is 2.17. The van der Waals surface area contributed by atoms with Gasteiger partial charge < -0.3 is 9.84 Å². The van der Waals surface area contributed by atoms with Crippen molar-refractivity contribution in [2.45, 2.75) is 13.3 Å². The molecular formula is C14H13ClN2O4. The van der Waals surface area contributed by atoms with Crippen LogP contribution in [-0.2, 0) is 9.53 Å². The number of carboxylic acids is 1. The summed E-state index contributed by atoms with van der Waals surface area (Å²) in [5.74, 6) is -3.05. The zero-order valence-corrected chi connectivity index (χ0v) is 12.0. The Balaban J connectivity index is 2.94. The molecular weight excluding hydrogens is 296 g/mol. The molecule has 1 aromatic carbocycles. The van der Waals surface area contributed by atoms with Crippen molar-refractivity contribution in [1.29, 1.82) is 5.26 Å². The SMILES string of the molecule is CCCOC(=O)C(C#N)C=Nc1cccc(C(=O)O)c1Cl. The number of rotatable bonds is 6. The molecule has 0 heterocycles. The van der Waals surface area contributed by atoms with E-state index in [1.54, 1.807) is 6.07 Å². The van der Waals surface area contributed by atoms with E-state index in [-0.39, 0.29) is 22.9 Å². The molecule has 1 rings (SSSR count). The van der Waals surface area contributed by atoms with Gasteiger partial charge in [-0.15, -0.1) is 0 Å². The first-order chi connectivity index (χ1) is 10.0. The second-order valence-electron chi connectivity index (χ2n) is 4.00. The van der Waals surface area contributed by atoms with Crippen molar-refractivity contribution in [3.05, 3.63) is 28.8 Å². The number of nitriles is 1. The molecule has 0 aliphatic rings. The number of carbonyl (C=O) groups is 2. The molecule has 6 nitrogen and oxygen atoms in total. The molecule has 0 aliphatic heterocycles. The van der Waals surface area contributed by atoms with Crippen LogP contribution in [0.1, 0.15) is 23.7 Å². The Morgan fingerprint density at radius 3 is 2.86 bits per heavy atom. The van der Waals surface area contributed by atoms with Crippen LogP contribution in [-0.4, -0.2) is 29.9 Å². The molecule has 0 saturated heterocycles. The van der Waals surface area contributed by atoms with E-state index in [9.17, 15) is 9.59 Å². The summed E-state index contributed by atoms with van der Waals surface area (Å²) in [5.41, 5.74) is 0.0634. The van der Waals surface area contributed by atoms with Crippen LogP contribution in [0.25, 0.3) is 0 Å². The van der Waals surface area contributed by atoms with Crippen LogP contribution in [0.3, 0.4) is 0 Å². The number of hydrogen-bond donors (Lipinski definition) is 1. The minimum Gasteiger partial charge on any atom is -0.478 e. The number of aromatic carboxylic acids is 1. The average Bonchev–Trinajstić information content (AvgIpc) is 2.46. The second kappa shape index (κ2) is 8.02. The molecule has 1 unspecified atom stereocenters. The topological polar surface area (TPSA) is 99.8 Å². The van der Waals surface area contributed by atoms with E-state index < -0.39 is 17.9 Å². The number of ether oxygens (including phenoxy) is 1. The van der Waals surface area contributed by atoms with Crippen LogP contribution < -0.4 is 0 Å². The molecule has 1 aromatic rings. The van der Waals surface area contributed by atoms with Gasteiger partial charge in [0, 0.05) is 6.21 Å². The fraction of sp³-hybridized carbons (Fsp3) is 0.286. The van der Waals surface area contributed by atoms with Crippen LogP contribution in [0.5, 0.6) is 0 Å². The van der Waals surface area contributed by atoms with Crippen LogP contribution in [0.2, 0.25) is 5.02 Å². The van der Waals surface area contributed by atoms with Gasteiger partial charge in [0.05, 0.1) is 28.9 Å². The maximum absolute atomic E-state index is 11.6. The van der Waals surface area contributed by atoms with Crippen molar-refractivity contribution >= 4 is 35.4 Å². The lowest BCUT2D eigenvalue weighted by Crippen LogP contribution is -2.17. The summed E-state index contributed by atoms with van der Waals surface area (Å²) in [6, 6.07) is 6.04. The van der Waals surface area contributed by atoms with Gasteiger partial charge in [0.1, 0.15) is 0 Å². The molecule has 1 N–H and O–H groups in total. The number of nitrogens with zero attached hydrogens (tertiary/aromatic N) is 2. The summed E-state index contributed by atoms with van der Waals surface area (Å²) >= 11 is 5.90. The second-order valence-corrected chi connectivity index (χ2v) is 4.37. The number of halogens is 1. The van der Waals surface area contributed by atoms with Crippen LogP contribution in [0.15, 0.2) is 23.2 Å². The lowest BCUT2D eigenvalue weighted by molar-refractivity contribution is -0.144. The zero-order valence-electron chi connectivity index (χ0n) is 11.2. The molecule has 0 spiro atoms. The molecule has 0 bridgehead atoms. The summed E-state index contributed by atoms with van der Waals surface area (Å²) in [6.45, 7) is 2.06. The minimum absolute atomic E-state index is 0.0557. The Bertz CT molecular complexity index is 607. The number of carboxylic acid groups (broad SMARTS) is 1. The third-order valence-corrected chi connectivity index (χ3v) is 2.81. The van der Waals surface area contributed by atoms with E-state index in [0.717, 1.165) is 6.21 Å². The molecule has 0 radical (unpaired) electrons. The van der Waals surface area contributed by atoms with E-state index in [1.165, 1.54) is 18.2 Å². The summed E-state index contributed by atoms with van der Waals surface area (Å²) in [4.78, 5) is 26.4. The van der Waals surface area contributed by atoms with Gasteiger partial charge in [-0.05, 0) is 18.6 Å². The normalized spacial score (nSPS) is 11.9. The third kappa shape index (κ3) is 4.58. The van der Waals surface area contributed by atoms with Crippen molar-refractivity contribution in [2.75, 3.05) is 6.61 Å². The number of carbonyl (C=O) groups excluding carboxylic acids is 1. The predicted octanol–water partition coefficient (Wildman–Crippen LogP) is 2.83. The fourth-order valence-corrected chi connectivity index (χ4v) is 1.63. The Morgan fingerprint density at radius 1 is 1.57 bits per heavy atom. The van der Waals surface area contributed by atoms with Gasteiger partial charge in [-0.1, -0.05) is 24.6 Å². The van der Waals surface area contributed by atoms with Gasteiger partial charge in [-0.3, -0.25) is 9.79 Å². The molecule has 110 valence electrons. The van der Waals surface area contributed by atoms with E-state index in [4.69, 9.17) is 26.7 Å². The van der Waals surface area contributed by atoms with Gasteiger partial charge in [0.15, 0.2) is 5.92 Å². The highest BCUT2D eigenvalue weighted by Crippen LogP contribution is 2.28. The van der Waals surface area contributed by atoms with E-state index in [1.807, 2.05) is 6.92 Å². The first-order valence-corrected chi connectivity index (χ1v) is 6.51. The summed E-state index contributed by atoms with van der Waals surface area (Å²) in [6.07, 6.45) is 1.73. The molecule has 0 aromatic heterocycles. The first-order valence-electron chi connectivity index (χ1n) is 6.13. The van der Waals surface area contributed by atoms with E-state index in [0.29, 0.717) is 6.42 Å². The van der Waals surface area contributed by atoms with Crippen LogP contribution >= 0.6 is 11.6 Å². The number of benzene rings is 1. The summed E-state index contributed by atoms with van der Waals surface area (Å²) < 4.78 is 4.85. The Kier molecular flexibility index (Phi) is 6.37. The first kappa shape index (κ1) is 16.7. The highest BCUT2D eigenvalue weighted by atomic mass is 35.5. The summed E-state index contributed by atoms with van der Waals surface area (Å²) in [7, 11) is 0. The lowest BCUT2D eigenvalue weighted by atomic mass is 10.2. The third-order valence-electron chi connectivity index (χ3n) is 2.41. The Labute approximate surface area is 126 Å². The van der Waals surface area contributed by atoms with Gasteiger partial charge in [-0.2, -0.15) is 5.26 Å². The maximum atomic E-state index is 11.6. The van der Waals surface area contributed by atoms with Crippen molar-refractivity contribution in [2.24, 2.45) is 10.9 Å². The number of hydrogen-bond acceptors (Lipinski definition) is 5. The predicted molar refractivity (Wildman–Crippen MR) is 76.9 cm³/mol. The van der Waals surface area contributed by atoms with Crippen LogP contribution in [0.4, 0.5) is 5.69 Å². The quantitative estimate of drug-likeness (QED) is 0.643. The summed E-state index contributed by atoms with van der Waals surface area (Å²) in [5, 5.41) is 17.8. The monoisotopic (exact) mass is 308 g/mol. The van der Waals surface area contributed by atoms with Gasteiger partial charge in [0.25, 0.3) is 0 Å². The molecule has 0 amide bonds. The van der Waals surface area contributed by atoms with Gasteiger partial charge in [-0.25, -0.2) is 4.79 Å². The van der Waals surface area contributed by atoms with Crippen molar-refractivity contribution in [1.82, 2.24) is 0 Å². The Morgan fingerprint density at radius 2 is 2.29 bits per heavy atom. The Hall–Kier alpha value is -2.39. The molecule has 0 saturated carbocycles. The molecule has 1 atom stereocenters. The minimum atomic E-state index is -1.18. The molecule has 21 heavy (non-hydrogen) atoms. The number of aliphatic imine (C=N–C) groups is 1. The molecule has 0 fully saturated rings. The average molecular weight is 309 g/mol. The number of esters is 1. The molecule has 0 aliphatic carbocycles. The van der Waals surface area contributed by atoms with Gasteiger partial charge in [0.2, 0.25) is 0 Å². The standard InChI is InChI=1S/C14H13ClN2O4/c1-2-6-21-14(20)9(7-16)8-17-11-5-3-4-10(12(11)15)13(18)19/h3-5,8-9H,2,6H2,1H3,(H,18,19). The smallest absolute Gasteiger partial charge is 0.337 e. The zero-order chi connectivity index (χ0) is 15.8. The van der Waals surface area contributed by atoms with Gasteiger partial charge >= 0.3 is 11.9 Å². The fourth-order valence-electron chi connectivity index (χ4n) is 1.38. The maximum Gasteiger partial charge on any atom is 0.337 e. The van der Waals surface area contributed by atoms with E-state index >= 15 is 0 Å². The van der Waals surface area contributed by atoms with Crippen molar-refractivity contribution < 1.29 is 19.4 Å². The van der Waals surface area contributed by atoms with Crippen molar-refractivity contribution in [3.8, 4) is 6.07 Å². The van der Waals surface area contributed by atoms with Crippen LogP contribution in [0, 0.1) is 17.2 Å².